The second-order valence-electron chi connectivity index (χ2n) is 8.16. The molecule has 0 saturated carbocycles. The number of nitrogens with zero attached hydrogens (tertiary/aromatic N) is 6. The Hall–Kier alpha value is -2.39. The van der Waals surface area contributed by atoms with Gasteiger partial charge in [-0.05, 0) is 37.5 Å². The fourth-order valence-corrected chi connectivity index (χ4v) is 5.75. The Kier molecular flexibility index (Phi) is 5.71. The van der Waals surface area contributed by atoms with Crippen molar-refractivity contribution in [1.29, 1.82) is 0 Å². The highest BCUT2D eigenvalue weighted by Crippen LogP contribution is 2.34. The average Bonchev–Trinajstić information content (AvgIpc) is 3.53. The first-order chi connectivity index (χ1) is 15.1. The smallest absolute Gasteiger partial charge is 0.245 e. The fourth-order valence-electron chi connectivity index (χ4n) is 4.60. The van der Waals surface area contributed by atoms with Crippen LogP contribution in [0.1, 0.15) is 25.7 Å². The van der Waals surface area contributed by atoms with Crippen molar-refractivity contribution in [2.45, 2.75) is 31.7 Å². The van der Waals surface area contributed by atoms with Gasteiger partial charge < -0.3 is 14.7 Å². The molecule has 10 heteroatoms. The number of hydrogen-bond donors (Lipinski definition) is 0. The van der Waals surface area contributed by atoms with Crippen LogP contribution in [0.3, 0.4) is 0 Å². The van der Waals surface area contributed by atoms with Crippen molar-refractivity contribution in [2.75, 3.05) is 54.0 Å². The molecule has 4 heterocycles. The van der Waals surface area contributed by atoms with Gasteiger partial charge in [-0.15, -0.1) is 10.2 Å². The third kappa shape index (κ3) is 4.08. The van der Waals surface area contributed by atoms with Crippen LogP contribution in [-0.4, -0.2) is 72.2 Å². The number of carbonyl (C=O) groups is 2. The van der Waals surface area contributed by atoms with Gasteiger partial charge in [0.05, 0.1) is 0 Å². The molecule has 1 atom stereocenters. The molecule has 5 rings (SSSR count). The minimum absolute atomic E-state index is 0.106. The minimum atomic E-state index is -0.201. The summed E-state index contributed by atoms with van der Waals surface area (Å²) in [5.41, 5.74) is 1.10. The van der Waals surface area contributed by atoms with E-state index in [0.717, 1.165) is 54.7 Å². The van der Waals surface area contributed by atoms with Crippen molar-refractivity contribution in [3.05, 3.63) is 29.3 Å². The van der Waals surface area contributed by atoms with E-state index in [0.29, 0.717) is 31.2 Å². The third-order valence-electron chi connectivity index (χ3n) is 6.26. The first-order valence-corrected chi connectivity index (χ1v) is 12.0. The molecular formula is C21H25ClN6O2S. The predicted molar refractivity (Wildman–Crippen MR) is 122 cm³/mol. The Labute approximate surface area is 190 Å². The fraction of sp³-hybridized carbons (Fsp3) is 0.524. The van der Waals surface area contributed by atoms with Crippen molar-refractivity contribution in [3.8, 4) is 0 Å². The van der Waals surface area contributed by atoms with Gasteiger partial charge in [0.1, 0.15) is 6.04 Å². The zero-order chi connectivity index (χ0) is 21.4. The molecule has 0 N–H and O–H groups in total. The SMILES string of the molecule is O=C(C1CCCN1c1nnc(N2CCCC2=O)s1)N1CCN(c2cccc(Cl)c2)CC1. The van der Waals surface area contributed by atoms with Crippen LogP contribution in [0.15, 0.2) is 24.3 Å². The zero-order valence-corrected chi connectivity index (χ0v) is 18.8. The maximum absolute atomic E-state index is 13.3. The lowest BCUT2D eigenvalue weighted by Crippen LogP contribution is -2.53. The molecule has 8 nitrogen and oxygen atoms in total. The van der Waals surface area contributed by atoms with Crippen LogP contribution in [0, 0.1) is 0 Å². The second kappa shape index (κ2) is 8.63. The molecule has 0 bridgehead atoms. The zero-order valence-electron chi connectivity index (χ0n) is 17.2. The molecule has 3 saturated heterocycles. The Morgan fingerprint density at radius 3 is 2.58 bits per heavy atom. The van der Waals surface area contributed by atoms with Gasteiger partial charge in [0.2, 0.25) is 22.1 Å². The van der Waals surface area contributed by atoms with Gasteiger partial charge in [0, 0.05) is 56.4 Å². The highest BCUT2D eigenvalue weighted by molar-refractivity contribution is 7.19. The lowest BCUT2D eigenvalue weighted by molar-refractivity contribution is -0.132. The Bertz CT molecular complexity index is 976. The van der Waals surface area contributed by atoms with E-state index in [1.807, 2.05) is 23.1 Å². The Morgan fingerprint density at radius 2 is 1.84 bits per heavy atom. The van der Waals surface area contributed by atoms with E-state index in [1.165, 1.54) is 11.3 Å². The maximum Gasteiger partial charge on any atom is 0.245 e. The Morgan fingerprint density at radius 1 is 1.03 bits per heavy atom. The van der Waals surface area contributed by atoms with E-state index in [9.17, 15) is 9.59 Å². The molecule has 2 aromatic rings. The molecule has 3 aliphatic rings. The van der Waals surface area contributed by atoms with Crippen LogP contribution in [0.4, 0.5) is 16.0 Å². The van der Waals surface area contributed by atoms with Crippen molar-refractivity contribution in [3.63, 3.8) is 0 Å². The number of anilines is 3. The van der Waals surface area contributed by atoms with E-state index >= 15 is 0 Å². The number of halogens is 1. The van der Waals surface area contributed by atoms with Crippen LogP contribution in [-0.2, 0) is 9.59 Å². The number of piperazine rings is 1. The second-order valence-corrected chi connectivity index (χ2v) is 9.53. The molecule has 3 fully saturated rings. The van der Waals surface area contributed by atoms with E-state index in [-0.39, 0.29) is 17.9 Å². The summed E-state index contributed by atoms with van der Waals surface area (Å²) < 4.78 is 0. The van der Waals surface area contributed by atoms with Crippen molar-refractivity contribution >= 4 is 50.7 Å². The molecule has 164 valence electrons. The highest BCUT2D eigenvalue weighted by atomic mass is 35.5. The van der Waals surface area contributed by atoms with Crippen LogP contribution in [0.2, 0.25) is 5.02 Å². The number of hydrogen-bond acceptors (Lipinski definition) is 7. The summed E-state index contributed by atoms with van der Waals surface area (Å²) in [4.78, 5) is 33.4. The van der Waals surface area contributed by atoms with Crippen molar-refractivity contribution < 1.29 is 9.59 Å². The largest absolute Gasteiger partial charge is 0.368 e. The molecule has 1 unspecified atom stereocenters. The molecule has 1 aromatic carbocycles. The summed E-state index contributed by atoms with van der Waals surface area (Å²) in [7, 11) is 0. The standard InChI is InChI=1S/C21H25ClN6O2S/c22-15-4-1-5-16(14-15)25-10-12-26(13-11-25)19(30)17-6-2-8-27(17)20-23-24-21(31-20)28-9-3-7-18(28)29/h1,4-5,14,17H,2-3,6-13H2. The van der Waals surface area contributed by atoms with Gasteiger partial charge in [-0.1, -0.05) is 29.0 Å². The summed E-state index contributed by atoms with van der Waals surface area (Å²) in [6.45, 7) is 4.46. The Balaban J connectivity index is 1.23. The van der Waals surface area contributed by atoms with Crippen LogP contribution in [0.5, 0.6) is 0 Å². The molecule has 31 heavy (non-hydrogen) atoms. The first kappa shape index (κ1) is 20.5. The quantitative estimate of drug-likeness (QED) is 0.698. The normalized spacial score (nSPS) is 22.0. The van der Waals surface area contributed by atoms with Crippen LogP contribution < -0.4 is 14.7 Å². The third-order valence-corrected chi connectivity index (χ3v) is 7.47. The molecular weight excluding hydrogens is 436 g/mol. The van der Waals surface area contributed by atoms with Crippen molar-refractivity contribution in [1.82, 2.24) is 15.1 Å². The van der Waals surface area contributed by atoms with Crippen LogP contribution in [0.25, 0.3) is 0 Å². The number of amides is 2. The predicted octanol–water partition coefficient (Wildman–Crippen LogP) is 2.64. The first-order valence-electron chi connectivity index (χ1n) is 10.8. The molecule has 0 spiro atoms. The topological polar surface area (TPSA) is 72.9 Å². The van der Waals surface area contributed by atoms with Crippen molar-refractivity contribution in [2.24, 2.45) is 0 Å². The summed E-state index contributed by atoms with van der Waals surface area (Å²) >= 11 is 7.54. The molecule has 0 radical (unpaired) electrons. The number of rotatable bonds is 4. The van der Waals surface area contributed by atoms with Gasteiger partial charge in [0.25, 0.3) is 0 Å². The highest BCUT2D eigenvalue weighted by Gasteiger charge is 2.37. The summed E-state index contributed by atoms with van der Waals surface area (Å²) in [5.74, 6) is 0.270. The molecule has 3 aliphatic heterocycles. The van der Waals surface area contributed by atoms with Gasteiger partial charge in [-0.3, -0.25) is 14.5 Å². The van der Waals surface area contributed by atoms with E-state index < -0.39 is 0 Å². The summed E-state index contributed by atoms with van der Waals surface area (Å²) in [5, 5.41) is 10.7. The minimum Gasteiger partial charge on any atom is -0.368 e. The molecule has 2 amide bonds. The monoisotopic (exact) mass is 460 g/mol. The number of benzene rings is 1. The molecule has 1 aromatic heterocycles. The number of carbonyl (C=O) groups excluding carboxylic acids is 2. The average molecular weight is 461 g/mol. The summed E-state index contributed by atoms with van der Waals surface area (Å²) in [6.07, 6.45) is 3.21. The van der Waals surface area contributed by atoms with Crippen LogP contribution >= 0.6 is 22.9 Å². The van der Waals surface area contributed by atoms with Gasteiger partial charge in [0.15, 0.2) is 0 Å². The maximum atomic E-state index is 13.3. The van der Waals surface area contributed by atoms with Gasteiger partial charge in [-0.2, -0.15) is 0 Å². The van der Waals surface area contributed by atoms with E-state index in [1.54, 1.807) is 4.90 Å². The van der Waals surface area contributed by atoms with Gasteiger partial charge in [-0.25, -0.2) is 0 Å². The van der Waals surface area contributed by atoms with Gasteiger partial charge >= 0.3 is 0 Å². The molecule has 0 aliphatic carbocycles. The number of aromatic nitrogens is 2. The van der Waals surface area contributed by atoms with E-state index in [2.05, 4.69) is 26.1 Å². The lowest BCUT2D eigenvalue weighted by Gasteiger charge is -2.38. The lowest BCUT2D eigenvalue weighted by atomic mass is 10.1. The van der Waals surface area contributed by atoms with E-state index in [4.69, 9.17) is 11.6 Å². The summed E-state index contributed by atoms with van der Waals surface area (Å²) in [6, 6.07) is 7.65.